The van der Waals surface area contributed by atoms with E-state index in [1.54, 1.807) is 25.1 Å². The van der Waals surface area contributed by atoms with Gasteiger partial charge in [-0.2, -0.15) is 0 Å². The smallest absolute Gasteiger partial charge is 0.267 e. The van der Waals surface area contributed by atoms with Crippen molar-refractivity contribution in [1.29, 1.82) is 0 Å². The maximum Gasteiger partial charge on any atom is 0.267 e. The molecule has 1 heterocycles. The molecule has 0 spiro atoms. The summed E-state index contributed by atoms with van der Waals surface area (Å²) in [5.41, 5.74) is 0.829. The SMILES string of the molecule is COc1ccc(Cl)cc1NC(=O)c1sc(NS(C)(=O)=O)nc1C. The van der Waals surface area contributed by atoms with Crippen LogP contribution in [0.3, 0.4) is 0 Å². The van der Waals surface area contributed by atoms with E-state index in [1.807, 2.05) is 0 Å². The maximum absolute atomic E-state index is 12.4. The third kappa shape index (κ3) is 4.57. The molecule has 10 heteroatoms. The molecular weight excluding hydrogens is 362 g/mol. The van der Waals surface area contributed by atoms with Crippen molar-refractivity contribution in [2.24, 2.45) is 0 Å². The minimum atomic E-state index is -3.45. The highest BCUT2D eigenvalue weighted by atomic mass is 35.5. The molecular formula is C13H14ClN3O4S2. The fraction of sp³-hybridized carbons (Fsp3) is 0.231. The van der Waals surface area contributed by atoms with Gasteiger partial charge in [-0.3, -0.25) is 9.52 Å². The highest BCUT2D eigenvalue weighted by Crippen LogP contribution is 2.30. The van der Waals surface area contributed by atoms with Crippen LogP contribution in [0, 0.1) is 6.92 Å². The van der Waals surface area contributed by atoms with Crippen LogP contribution in [0.1, 0.15) is 15.4 Å². The summed E-state index contributed by atoms with van der Waals surface area (Å²) in [5, 5.41) is 3.26. The molecule has 0 radical (unpaired) electrons. The lowest BCUT2D eigenvalue weighted by atomic mass is 10.2. The summed E-state index contributed by atoms with van der Waals surface area (Å²) in [6.07, 6.45) is 1.01. The van der Waals surface area contributed by atoms with Crippen molar-refractivity contribution in [3.63, 3.8) is 0 Å². The minimum absolute atomic E-state index is 0.133. The van der Waals surface area contributed by atoms with Gasteiger partial charge >= 0.3 is 0 Å². The molecule has 0 fully saturated rings. The van der Waals surface area contributed by atoms with Gasteiger partial charge in [-0.15, -0.1) is 0 Å². The van der Waals surface area contributed by atoms with Crippen LogP contribution in [0.15, 0.2) is 18.2 Å². The Bertz CT molecular complexity index is 849. The van der Waals surface area contributed by atoms with Gasteiger partial charge in [0.25, 0.3) is 5.91 Å². The first-order valence-corrected chi connectivity index (χ1v) is 9.38. The Balaban J connectivity index is 2.26. The number of nitrogens with zero attached hydrogens (tertiary/aromatic N) is 1. The summed E-state index contributed by atoms with van der Waals surface area (Å²) < 4.78 is 29.9. The quantitative estimate of drug-likeness (QED) is 0.837. The van der Waals surface area contributed by atoms with Crippen LogP contribution in [0.4, 0.5) is 10.8 Å². The lowest BCUT2D eigenvalue weighted by molar-refractivity contribution is 0.102. The zero-order valence-corrected chi connectivity index (χ0v) is 14.9. The molecule has 2 aromatic rings. The first kappa shape index (κ1) is 17.5. The summed E-state index contributed by atoms with van der Waals surface area (Å²) >= 11 is 6.86. The van der Waals surface area contributed by atoms with Crippen molar-refractivity contribution in [2.45, 2.75) is 6.92 Å². The Kier molecular flexibility index (Phi) is 5.12. The average Bonchev–Trinajstić information content (AvgIpc) is 2.77. The van der Waals surface area contributed by atoms with Crippen LogP contribution in [-0.4, -0.2) is 32.7 Å². The molecule has 0 aliphatic carbocycles. The number of thiazole rings is 1. The number of halogens is 1. The zero-order valence-electron chi connectivity index (χ0n) is 12.5. The fourth-order valence-corrected chi connectivity index (χ4v) is 3.64. The molecule has 0 bridgehead atoms. The van der Waals surface area contributed by atoms with E-state index in [0.717, 1.165) is 17.6 Å². The van der Waals surface area contributed by atoms with Gasteiger partial charge in [-0.1, -0.05) is 22.9 Å². The topological polar surface area (TPSA) is 97.4 Å². The van der Waals surface area contributed by atoms with Crippen LogP contribution in [-0.2, 0) is 10.0 Å². The maximum atomic E-state index is 12.4. The van der Waals surface area contributed by atoms with Gasteiger partial charge in [0.2, 0.25) is 10.0 Å². The number of sulfonamides is 1. The van der Waals surface area contributed by atoms with Crippen molar-refractivity contribution in [3.05, 3.63) is 33.8 Å². The Morgan fingerprint density at radius 2 is 2.09 bits per heavy atom. The van der Waals surface area contributed by atoms with Crippen molar-refractivity contribution >= 4 is 49.7 Å². The Morgan fingerprint density at radius 1 is 1.39 bits per heavy atom. The second-order valence-corrected chi connectivity index (χ2v) is 7.79. The Hall–Kier alpha value is -1.84. The normalized spacial score (nSPS) is 11.1. The predicted octanol–water partition coefficient (Wildman–Crippen LogP) is 2.74. The molecule has 23 heavy (non-hydrogen) atoms. The van der Waals surface area contributed by atoms with E-state index < -0.39 is 15.9 Å². The number of rotatable bonds is 5. The number of benzene rings is 1. The lowest BCUT2D eigenvalue weighted by Crippen LogP contribution is -2.12. The lowest BCUT2D eigenvalue weighted by Gasteiger charge is -2.09. The van der Waals surface area contributed by atoms with Crippen LogP contribution >= 0.6 is 22.9 Å². The van der Waals surface area contributed by atoms with Crippen molar-refractivity contribution < 1.29 is 17.9 Å². The summed E-state index contributed by atoms with van der Waals surface area (Å²) in [7, 11) is -1.98. The molecule has 0 saturated carbocycles. The van der Waals surface area contributed by atoms with Crippen LogP contribution in [0.2, 0.25) is 5.02 Å². The summed E-state index contributed by atoms with van der Waals surface area (Å²) in [4.78, 5) is 16.7. The molecule has 0 aliphatic rings. The summed E-state index contributed by atoms with van der Waals surface area (Å²) in [6.45, 7) is 1.62. The van der Waals surface area contributed by atoms with E-state index >= 15 is 0 Å². The molecule has 1 aromatic carbocycles. The molecule has 7 nitrogen and oxygen atoms in total. The van der Waals surface area contributed by atoms with Gasteiger partial charge in [-0.05, 0) is 25.1 Å². The van der Waals surface area contributed by atoms with E-state index in [-0.39, 0.29) is 10.0 Å². The third-order valence-corrected chi connectivity index (χ3v) is 4.69. The minimum Gasteiger partial charge on any atom is -0.495 e. The van der Waals surface area contributed by atoms with Crippen LogP contribution in [0.25, 0.3) is 0 Å². The fourth-order valence-electron chi connectivity index (χ4n) is 1.77. The highest BCUT2D eigenvalue weighted by Gasteiger charge is 2.18. The van der Waals surface area contributed by atoms with Crippen LogP contribution in [0.5, 0.6) is 5.75 Å². The number of nitrogens with one attached hydrogen (secondary N) is 2. The third-order valence-electron chi connectivity index (χ3n) is 2.69. The number of ether oxygens (including phenoxy) is 1. The Morgan fingerprint density at radius 3 is 2.70 bits per heavy atom. The van der Waals surface area contributed by atoms with Crippen LogP contribution < -0.4 is 14.8 Å². The number of aromatic nitrogens is 1. The standard InChI is InChI=1S/C13H14ClN3O4S2/c1-7-11(22-13(15-7)17-23(3,19)20)12(18)16-9-6-8(14)4-5-10(9)21-2/h4-6H,1-3H3,(H,15,17)(H,16,18). The van der Waals surface area contributed by atoms with E-state index in [2.05, 4.69) is 15.0 Å². The molecule has 0 atom stereocenters. The van der Waals surface area contributed by atoms with Crippen molar-refractivity contribution in [2.75, 3.05) is 23.4 Å². The first-order valence-electron chi connectivity index (χ1n) is 6.29. The van der Waals surface area contributed by atoms with Gasteiger partial charge in [-0.25, -0.2) is 13.4 Å². The van der Waals surface area contributed by atoms with E-state index in [0.29, 0.717) is 22.2 Å². The zero-order chi connectivity index (χ0) is 17.2. The second kappa shape index (κ2) is 6.73. The van der Waals surface area contributed by atoms with Gasteiger partial charge in [0.05, 0.1) is 24.7 Å². The van der Waals surface area contributed by atoms with Crippen molar-refractivity contribution in [1.82, 2.24) is 4.98 Å². The number of amides is 1. The van der Waals surface area contributed by atoms with E-state index in [1.165, 1.54) is 7.11 Å². The number of aryl methyl sites for hydroxylation is 1. The number of carbonyl (C=O) groups excluding carboxylic acids is 1. The van der Waals surface area contributed by atoms with E-state index in [4.69, 9.17) is 16.3 Å². The molecule has 0 aliphatic heterocycles. The molecule has 124 valence electrons. The number of hydrogen-bond acceptors (Lipinski definition) is 6. The highest BCUT2D eigenvalue weighted by molar-refractivity contribution is 7.92. The summed E-state index contributed by atoms with van der Waals surface area (Å²) in [5.74, 6) is 0.0292. The molecule has 2 N–H and O–H groups in total. The molecule has 0 saturated heterocycles. The predicted molar refractivity (Wildman–Crippen MR) is 91.3 cm³/mol. The van der Waals surface area contributed by atoms with Gasteiger partial charge in [0.1, 0.15) is 10.6 Å². The molecule has 0 unspecified atom stereocenters. The van der Waals surface area contributed by atoms with Gasteiger partial charge in [0.15, 0.2) is 5.13 Å². The largest absolute Gasteiger partial charge is 0.495 e. The van der Waals surface area contributed by atoms with Gasteiger partial charge in [0, 0.05) is 5.02 Å². The van der Waals surface area contributed by atoms with Crippen molar-refractivity contribution in [3.8, 4) is 5.75 Å². The Labute approximate surface area is 142 Å². The molecule has 1 amide bonds. The van der Waals surface area contributed by atoms with E-state index in [9.17, 15) is 13.2 Å². The monoisotopic (exact) mass is 375 g/mol. The second-order valence-electron chi connectivity index (χ2n) is 4.61. The number of anilines is 2. The number of carbonyl (C=O) groups is 1. The molecule has 1 aromatic heterocycles. The number of hydrogen-bond donors (Lipinski definition) is 2. The average molecular weight is 376 g/mol. The summed E-state index contributed by atoms with van der Waals surface area (Å²) in [6, 6.07) is 4.83. The molecule has 2 rings (SSSR count). The number of methoxy groups -OCH3 is 1. The van der Waals surface area contributed by atoms with Gasteiger partial charge < -0.3 is 10.1 Å². The first-order chi connectivity index (χ1) is 10.7.